The van der Waals surface area contributed by atoms with Crippen molar-refractivity contribution in [2.24, 2.45) is 5.73 Å². The molecule has 0 bridgehead atoms. The number of hydrogen-bond acceptors (Lipinski definition) is 5. The van der Waals surface area contributed by atoms with Crippen LogP contribution in [0.25, 0.3) is 23.2 Å². The molecule has 41 heavy (non-hydrogen) atoms. The second-order valence-electron chi connectivity index (χ2n) is 9.04. The third kappa shape index (κ3) is 6.73. The van der Waals surface area contributed by atoms with Crippen LogP contribution in [0.3, 0.4) is 0 Å². The SMILES string of the molecule is NC(=O)/C(=C/n1cnc(-c2cc(C(F)(F)F)cc(C(F)(F)F)c2)n1)c1cccc(S(=O)(=O)N2CCC(F)(F)CC2)c1. The van der Waals surface area contributed by atoms with Crippen molar-refractivity contribution in [2.75, 3.05) is 13.1 Å². The van der Waals surface area contributed by atoms with E-state index in [1.54, 1.807) is 0 Å². The smallest absolute Gasteiger partial charge is 0.366 e. The molecule has 0 radical (unpaired) electrons. The summed E-state index contributed by atoms with van der Waals surface area (Å²) in [6.07, 6.45) is -9.69. The van der Waals surface area contributed by atoms with Crippen LogP contribution in [-0.2, 0) is 27.2 Å². The molecule has 1 fully saturated rings. The normalized spacial score (nSPS) is 17.0. The zero-order chi connectivity index (χ0) is 30.4. The van der Waals surface area contributed by atoms with E-state index in [0.29, 0.717) is 12.1 Å². The molecular weight excluding hydrogens is 590 g/mol. The van der Waals surface area contributed by atoms with Gasteiger partial charge in [0.25, 0.3) is 11.8 Å². The number of carbonyl (C=O) groups is 1. The molecule has 0 saturated carbocycles. The Morgan fingerprint density at radius 1 is 0.951 bits per heavy atom. The maximum Gasteiger partial charge on any atom is 0.416 e. The molecule has 3 aromatic rings. The van der Waals surface area contributed by atoms with Crippen molar-refractivity contribution in [3.8, 4) is 11.4 Å². The molecule has 1 amide bonds. The van der Waals surface area contributed by atoms with Gasteiger partial charge in [-0.3, -0.25) is 4.79 Å². The summed E-state index contributed by atoms with van der Waals surface area (Å²) in [7, 11) is -4.23. The summed E-state index contributed by atoms with van der Waals surface area (Å²) < 4.78 is 134. The molecule has 2 N–H and O–H groups in total. The van der Waals surface area contributed by atoms with E-state index < -0.39 is 82.7 Å². The fourth-order valence-electron chi connectivity index (χ4n) is 3.99. The number of benzene rings is 2. The van der Waals surface area contributed by atoms with E-state index in [0.717, 1.165) is 27.6 Å². The van der Waals surface area contributed by atoms with Crippen LogP contribution >= 0.6 is 0 Å². The number of piperidine rings is 1. The highest BCUT2D eigenvalue weighted by molar-refractivity contribution is 7.89. The molecule has 0 atom stereocenters. The van der Waals surface area contributed by atoms with Gasteiger partial charge in [-0.05, 0) is 35.9 Å². The van der Waals surface area contributed by atoms with Gasteiger partial charge in [0.2, 0.25) is 10.0 Å². The quantitative estimate of drug-likeness (QED) is 0.316. The number of carbonyl (C=O) groups excluding carboxylic acids is 1. The number of sulfonamides is 1. The van der Waals surface area contributed by atoms with E-state index in [9.17, 15) is 48.3 Å². The Hall–Kier alpha value is -3.86. The molecule has 1 aromatic heterocycles. The van der Waals surface area contributed by atoms with Crippen molar-refractivity contribution < 1.29 is 48.3 Å². The van der Waals surface area contributed by atoms with Crippen LogP contribution in [-0.4, -0.2) is 52.4 Å². The van der Waals surface area contributed by atoms with Crippen LogP contribution in [0.4, 0.5) is 35.1 Å². The predicted octanol–water partition coefficient (Wildman–Crippen LogP) is 4.89. The lowest BCUT2D eigenvalue weighted by Crippen LogP contribution is -2.42. The maximum absolute atomic E-state index is 13.5. The Balaban J connectivity index is 1.69. The summed E-state index contributed by atoms with van der Waals surface area (Å²) in [5, 5.41) is 3.82. The Bertz CT molecular complexity index is 1570. The summed E-state index contributed by atoms with van der Waals surface area (Å²) >= 11 is 0. The number of amides is 1. The summed E-state index contributed by atoms with van der Waals surface area (Å²) in [5.74, 6) is -4.62. The van der Waals surface area contributed by atoms with E-state index in [1.165, 1.54) is 18.2 Å². The number of nitrogens with zero attached hydrogens (tertiary/aromatic N) is 4. The van der Waals surface area contributed by atoms with E-state index in [1.807, 2.05) is 0 Å². The number of hydrogen-bond donors (Lipinski definition) is 1. The number of primary amides is 1. The lowest BCUT2D eigenvalue weighted by Gasteiger charge is -2.31. The minimum atomic E-state index is -5.10. The fourth-order valence-corrected chi connectivity index (χ4v) is 5.48. The highest BCUT2D eigenvalue weighted by atomic mass is 32.2. The first-order valence-corrected chi connectivity index (χ1v) is 13.0. The highest BCUT2D eigenvalue weighted by Gasteiger charge is 2.39. The lowest BCUT2D eigenvalue weighted by atomic mass is 10.0. The largest absolute Gasteiger partial charge is 0.416 e. The standard InChI is InChI=1S/C24H19F8N5O3S/c25-22(26)4-6-37(7-5-22)41(39,40)18-3-1-2-14(10-18)19(20(33)38)12-36-13-34-21(35-36)15-8-16(23(27,28)29)11-17(9-15)24(30,31)32/h1-3,8-13H,4-7H2,(H2,33,38)/b19-12+. The minimum Gasteiger partial charge on any atom is -0.366 e. The Labute approximate surface area is 227 Å². The lowest BCUT2D eigenvalue weighted by molar-refractivity contribution is -0.143. The first kappa shape index (κ1) is 30.1. The molecule has 4 rings (SSSR count). The average molecular weight is 609 g/mol. The number of rotatable bonds is 6. The van der Waals surface area contributed by atoms with E-state index in [4.69, 9.17) is 5.73 Å². The fraction of sp³-hybridized carbons (Fsp3) is 0.292. The number of nitrogens with two attached hydrogens (primary N) is 1. The van der Waals surface area contributed by atoms with Crippen molar-refractivity contribution in [3.63, 3.8) is 0 Å². The van der Waals surface area contributed by atoms with Crippen molar-refractivity contribution in [1.29, 1.82) is 0 Å². The molecule has 1 aliphatic heterocycles. The highest BCUT2D eigenvalue weighted by Crippen LogP contribution is 2.38. The van der Waals surface area contributed by atoms with Gasteiger partial charge in [0, 0.05) is 37.7 Å². The van der Waals surface area contributed by atoms with Gasteiger partial charge in [0.15, 0.2) is 5.82 Å². The molecule has 0 aliphatic carbocycles. The average Bonchev–Trinajstić information content (AvgIpc) is 3.34. The molecule has 0 unspecified atom stereocenters. The maximum atomic E-state index is 13.5. The Morgan fingerprint density at radius 2 is 1.54 bits per heavy atom. The summed E-state index contributed by atoms with van der Waals surface area (Å²) in [6, 6.07) is 5.63. The van der Waals surface area contributed by atoms with E-state index in [-0.39, 0.29) is 22.1 Å². The zero-order valence-corrected chi connectivity index (χ0v) is 21.4. The molecule has 17 heteroatoms. The van der Waals surface area contributed by atoms with Crippen molar-refractivity contribution in [1.82, 2.24) is 19.1 Å². The second-order valence-corrected chi connectivity index (χ2v) is 11.0. The number of halogens is 8. The summed E-state index contributed by atoms with van der Waals surface area (Å²) in [5.41, 5.74) is 1.28. The van der Waals surface area contributed by atoms with Gasteiger partial charge in [-0.2, -0.15) is 30.6 Å². The molecule has 2 aromatic carbocycles. The summed E-state index contributed by atoms with van der Waals surface area (Å²) in [4.78, 5) is 15.6. The van der Waals surface area contributed by atoms with Gasteiger partial charge in [0.05, 0.1) is 21.6 Å². The topological polar surface area (TPSA) is 111 Å². The zero-order valence-electron chi connectivity index (χ0n) is 20.5. The Morgan fingerprint density at radius 3 is 2.07 bits per heavy atom. The first-order valence-electron chi connectivity index (χ1n) is 11.6. The van der Waals surface area contributed by atoms with Crippen LogP contribution in [0.2, 0.25) is 0 Å². The summed E-state index contributed by atoms with van der Waals surface area (Å²) in [6.45, 7) is -0.850. The third-order valence-electron chi connectivity index (χ3n) is 6.12. The minimum absolute atomic E-state index is 0.0450. The van der Waals surface area contributed by atoms with Gasteiger partial charge in [-0.15, -0.1) is 5.10 Å². The van der Waals surface area contributed by atoms with Crippen LogP contribution in [0.5, 0.6) is 0 Å². The van der Waals surface area contributed by atoms with Gasteiger partial charge in [-0.1, -0.05) is 12.1 Å². The van der Waals surface area contributed by atoms with Crippen molar-refractivity contribution >= 4 is 27.7 Å². The van der Waals surface area contributed by atoms with Crippen LogP contribution < -0.4 is 5.73 Å². The number of aromatic nitrogens is 3. The Kier molecular flexibility index (Phi) is 7.72. The van der Waals surface area contributed by atoms with Gasteiger partial charge >= 0.3 is 12.4 Å². The van der Waals surface area contributed by atoms with Crippen molar-refractivity contribution in [2.45, 2.75) is 36.0 Å². The molecule has 2 heterocycles. The first-order chi connectivity index (χ1) is 18.9. The number of alkyl halides is 8. The monoisotopic (exact) mass is 609 g/mol. The van der Waals surface area contributed by atoms with E-state index in [2.05, 4.69) is 10.1 Å². The van der Waals surface area contributed by atoms with Crippen molar-refractivity contribution in [3.05, 3.63) is 65.5 Å². The molecule has 220 valence electrons. The molecular formula is C24H19F8N5O3S. The van der Waals surface area contributed by atoms with Gasteiger partial charge < -0.3 is 5.73 Å². The molecule has 1 aliphatic rings. The van der Waals surface area contributed by atoms with Crippen LogP contribution in [0.1, 0.15) is 29.5 Å². The van der Waals surface area contributed by atoms with Crippen LogP contribution in [0.15, 0.2) is 53.7 Å². The predicted molar refractivity (Wildman–Crippen MR) is 128 cm³/mol. The van der Waals surface area contributed by atoms with Crippen LogP contribution in [0, 0.1) is 0 Å². The van der Waals surface area contributed by atoms with Gasteiger partial charge in [0.1, 0.15) is 6.33 Å². The molecule has 8 nitrogen and oxygen atoms in total. The molecule has 0 spiro atoms. The third-order valence-corrected chi connectivity index (χ3v) is 8.01. The molecule has 1 saturated heterocycles. The van der Waals surface area contributed by atoms with Gasteiger partial charge in [-0.25, -0.2) is 26.9 Å². The second kappa shape index (κ2) is 10.5. The van der Waals surface area contributed by atoms with E-state index >= 15 is 0 Å².